The number of carbonyl (C=O) groups excluding carboxylic acids is 1. The van der Waals surface area contributed by atoms with Crippen LogP contribution in [0.25, 0.3) is 21.9 Å². The van der Waals surface area contributed by atoms with Crippen LogP contribution in [0.2, 0.25) is 0 Å². The van der Waals surface area contributed by atoms with E-state index in [9.17, 15) is 4.79 Å². The summed E-state index contributed by atoms with van der Waals surface area (Å²) in [4.78, 5) is 12.3. The summed E-state index contributed by atoms with van der Waals surface area (Å²) in [5.74, 6) is 0. The molecule has 32 heavy (non-hydrogen) atoms. The number of urea groups is 1. The molecule has 0 aliphatic carbocycles. The fourth-order valence-electron chi connectivity index (χ4n) is 3.50. The number of hydrogen-bond acceptors (Lipinski definition) is 3. The van der Waals surface area contributed by atoms with E-state index in [-0.39, 0.29) is 17.1 Å². The fraction of sp³-hybridized carbons (Fsp3) is 0.370. The Kier molecular flexibility index (Phi) is 7.22. The van der Waals surface area contributed by atoms with Crippen LogP contribution in [0.4, 0.5) is 10.5 Å². The molecular weight excluding hydrogens is 396 g/mol. The number of benzene rings is 3. The average molecular weight is 433 g/mol. The summed E-state index contributed by atoms with van der Waals surface area (Å²) in [5, 5.41) is 15.2. The maximum Gasteiger partial charge on any atom is 0.319 e. The van der Waals surface area contributed by atoms with E-state index in [1.165, 1.54) is 16.3 Å². The molecule has 5 nitrogen and oxygen atoms in total. The van der Waals surface area contributed by atoms with E-state index in [2.05, 4.69) is 84.5 Å². The number of rotatable bonds is 6. The fourth-order valence-corrected chi connectivity index (χ4v) is 3.50. The number of amides is 2. The van der Waals surface area contributed by atoms with Crippen LogP contribution in [0.3, 0.4) is 0 Å². The zero-order valence-corrected chi connectivity index (χ0v) is 20.1. The third-order valence-electron chi connectivity index (χ3n) is 4.94. The van der Waals surface area contributed by atoms with E-state index in [4.69, 9.17) is 0 Å². The zero-order valence-electron chi connectivity index (χ0n) is 20.1. The standard InChI is InChI=1S/C27H36N4O/c1-26(2,3)29-18-28-17-19-13-14-24-20(15-19)10-8-12-23(24)21-9-7-11-22(16-21)30-25(32)31-27(4,5)6/h7-16,28-29H,17-18H2,1-6H3,(H2,30,31,32). The number of nitrogens with one attached hydrogen (secondary N) is 4. The van der Waals surface area contributed by atoms with Gasteiger partial charge in [-0.25, -0.2) is 4.79 Å². The van der Waals surface area contributed by atoms with E-state index < -0.39 is 0 Å². The van der Waals surface area contributed by atoms with Crippen molar-refractivity contribution in [2.75, 3.05) is 12.0 Å². The first-order valence-corrected chi connectivity index (χ1v) is 11.2. The first-order chi connectivity index (χ1) is 15.0. The summed E-state index contributed by atoms with van der Waals surface area (Å²) < 4.78 is 0. The second kappa shape index (κ2) is 9.72. The van der Waals surface area contributed by atoms with E-state index in [0.717, 1.165) is 30.0 Å². The quantitative estimate of drug-likeness (QED) is 0.291. The zero-order chi connectivity index (χ0) is 23.4. The second-order valence-electron chi connectivity index (χ2n) is 10.3. The molecule has 170 valence electrons. The molecule has 3 aromatic rings. The molecule has 3 rings (SSSR count). The summed E-state index contributed by atoms with van der Waals surface area (Å²) in [7, 11) is 0. The molecule has 0 aliphatic heterocycles. The topological polar surface area (TPSA) is 65.2 Å². The number of fused-ring (bicyclic) bond motifs is 1. The normalized spacial score (nSPS) is 12.1. The van der Waals surface area contributed by atoms with Crippen LogP contribution in [-0.2, 0) is 6.54 Å². The van der Waals surface area contributed by atoms with Crippen molar-refractivity contribution in [1.29, 1.82) is 0 Å². The lowest BCUT2D eigenvalue weighted by molar-refractivity contribution is 0.244. The lowest BCUT2D eigenvalue weighted by Gasteiger charge is -2.21. The van der Waals surface area contributed by atoms with Crippen LogP contribution in [0.1, 0.15) is 47.1 Å². The van der Waals surface area contributed by atoms with Crippen LogP contribution in [0, 0.1) is 0 Å². The van der Waals surface area contributed by atoms with Crippen LogP contribution >= 0.6 is 0 Å². The summed E-state index contributed by atoms with van der Waals surface area (Å²) in [6, 6.07) is 20.7. The van der Waals surface area contributed by atoms with Gasteiger partial charge in [-0.2, -0.15) is 0 Å². The molecule has 0 spiro atoms. The van der Waals surface area contributed by atoms with Gasteiger partial charge in [-0.15, -0.1) is 0 Å². The van der Waals surface area contributed by atoms with Crippen molar-refractivity contribution >= 4 is 22.5 Å². The van der Waals surface area contributed by atoms with Crippen molar-refractivity contribution in [3.63, 3.8) is 0 Å². The Labute approximate surface area is 192 Å². The smallest absolute Gasteiger partial charge is 0.319 e. The average Bonchev–Trinajstić information content (AvgIpc) is 2.68. The van der Waals surface area contributed by atoms with Gasteiger partial charge >= 0.3 is 6.03 Å². The van der Waals surface area contributed by atoms with E-state index >= 15 is 0 Å². The van der Waals surface area contributed by atoms with Gasteiger partial charge in [0.1, 0.15) is 0 Å². The third-order valence-corrected chi connectivity index (χ3v) is 4.94. The van der Waals surface area contributed by atoms with Crippen molar-refractivity contribution in [2.45, 2.75) is 59.2 Å². The largest absolute Gasteiger partial charge is 0.333 e. The molecular formula is C27H36N4O. The Morgan fingerprint density at radius 2 is 1.59 bits per heavy atom. The molecule has 0 fully saturated rings. The Morgan fingerprint density at radius 1 is 0.844 bits per heavy atom. The Balaban J connectivity index is 1.77. The SMILES string of the molecule is CC(C)(C)NCNCc1ccc2c(-c3cccc(NC(=O)NC(C)(C)C)c3)cccc2c1. The van der Waals surface area contributed by atoms with Gasteiger partial charge in [-0.05, 0) is 87.2 Å². The van der Waals surface area contributed by atoms with Gasteiger partial charge in [0.05, 0.1) is 0 Å². The first kappa shape index (κ1) is 23.8. The highest BCUT2D eigenvalue weighted by atomic mass is 16.2. The Bertz CT molecular complexity index is 1080. The maximum atomic E-state index is 12.3. The number of anilines is 1. The van der Waals surface area contributed by atoms with Gasteiger partial charge in [0.2, 0.25) is 0 Å². The predicted molar refractivity (Wildman–Crippen MR) is 136 cm³/mol. The summed E-state index contributed by atoms with van der Waals surface area (Å²) in [5.41, 5.74) is 4.06. The van der Waals surface area contributed by atoms with Crippen molar-refractivity contribution in [1.82, 2.24) is 16.0 Å². The van der Waals surface area contributed by atoms with Crippen molar-refractivity contribution < 1.29 is 4.79 Å². The van der Waals surface area contributed by atoms with Gasteiger partial charge in [0.15, 0.2) is 0 Å². The van der Waals surface area contributed by atoms with E-state index in [0.29, 0.717) is 0 Å². The molecule has 0 atom stereocenters. The molecule has 0 radical (unpaired) electrons. The monoisotopic (exact) mass is 432 g/mol. The molecule has 0 aliphatic rings. The Morgan fingerprint density at radius 3 is 2.31 bits per heavy atom. The maximum absolute atomic E-state index is 12.3. The van der Waals surface area contributed by atoms with Gasteiger partial charge in [-0.3, -0.25) is 5.32 Å². The van der Waals surface area contributed by atoms with Gasteiger partial charge in [0, 0.05) is 30.0 Å². The molecule has 0 bridgehead atoms. The molecule has 0 saturated heterocycles. The minimum Gasteiger partial charge on any atom is -0.333 e. The Hall–Kier alpha value is -2.89. The van der Waals surface area contributed by atoms with Crippen LogP contribution < -0.4 is 21.3 Å². The van der Waals surface area contributed by atoms with Crippen molar-refractivity contribution in [3.05, 3.63) is 66.2 Å². The summed E-state index contributed by atoms with van der Waals surface area (Å²) in [6.45, 7) is 13.9. The predicted octanol–water partition coefficient (Wildman–Crippen LogP) is 5.86. The minimum absolute atomic E-state index is 0.0993. The molecule has 5 heteroatoms. The van der Waals surface area contributed by atoms with E-state index in [1.54, 1.807) is 0 Å². The minimum atomic E-state index is -0.285. The van der Waals surface area contributed by atoms with Crippen LogP contribution in [-0.4, -0.2) is 23.8 Å². The second-order valence-corrected chi connectivity index (χ2v) is 10.3. The highest BCUT2D eigenvalue weighted by Gasteiger charge is 2.14. The van der Waals surface area contributed by atoms with Crippen LogP contribution in [0.15, 0.2) is 60.7 Å². The van der Waals surface area contributed by atoms with E-state index in [1.807, 2.05) is 39.0 Å². The number of carbonyl (C=O) groups is 1. The lowest BCUT2D eigenvalue weighted by atomic mass is 9.96. The lowest BCUT2D eigenvalue weighted by Crippen LogP contribution is -2.43. The summed E-state index contributed by atoms with van der Waals surface area (Å²) in [6.07, 6.45) is 0. The highest BCUT2D eigenvalue weighted by molar-refractivity contribution is 5.98. The molecule has 0 unspecified atom stereocenters. The molecule has 0 aromatic heterocycles. The van der Waals surface area contributed by atoms with Crippen LogP contribution in [0.5, 0.6) is 0 Å². The van der Waals surface area contributed by atoms with Crippen molar-refractivity contribution in [3.8, 4) is 11.1 Å². The van der Waals surface area contributed by atoms with Gasteiger partial charge in [0.25, 0.3) is 0 Å². The number of hydrogen-bond donors (Lipinski definition) is 4. The molecule has 3 aromatic carbocycles. The third kappa shape index (κ3) is 7.08. The van der Waals surface area contributed by atoms with Crippen molar-refractivity contribution in [2.24, 2.45) is 0 Å². The molecule has 0 saturated carbocycles. The highest BCUT2D eigenvalue weighted by Crippen LogP contribution is 2.30. The molecule has 2 amide bonds. The first-order valence-electron chi connectivity index (χ1n) is 11.2. The molecule has 4 N–H and O–H groups in total. The molecule has 0 heterocycles. The summed E-state index contributed by atoms with van der Waals surface area (Å²) >= 11 is 0. The van der Waals surface area contributed by atoms with Gasteiger partial charge in [-0.1, -0.05) is 42.5 Å². The van der Waals surface area contributed by atoms with Gasteiger partial charge < -0.3 is 16.0 Å².